The molecule has 0 unspecified atom stereocenters. The molecule has 1 fully saturated rings. The van der Waals surface area contributed by atoms with E-state index >= 15 is 0 Å². The molecular formula is C23H22N4O. The fourth-order valence-electron chi connectivity index (χ4n) is 3.92. The van der Waals surface area contributed by atoms with Gasteiger partial charge in [-0.1, -0.05) is 36.4 Å². The van der Waals surface area contributed by atoms with Gasteiger partial charge in [0.25, 0.3) is 0 Å². The summed E-state index contributed by atoms with van der Waals surface area (Å²) in [5.41, 5.74) is 5.02. The van der Waals surface area contributed by atoms with Crippen LogP contribution in [0, 0.1) is 0 Å². The molecule has 1 atom stereocenters. The first kappa shape index (κ1) is 17.1. The fourth-order valence-corrected chi connectivity index (χ4v) is 3.92. The quantitative estimate of drug-likeness (QED) is 0.702. The molecule has 4 heterocycles. The van der Waals surface area contributed by atoms with Gasteiger partial charge in [0.1, 0.15) is 17.0 Å². The van der Waals surface area contributed by atoms with Gasteiger partial charge < -0.3 is 9.64 Å². The molecule has 5 rings (SSSR count). The summed E-state index contributed by atoms with van der Waals surface area (Å²) in [6, 6.07) is 15.0. The van der Waals surface area contributed by atoms with Gasteiger partial charge in [-0.05, 0) is 36.3 Å². The van der Waals surface area contributed by atoms with E-state index < -0.39 is 0 Å². The predicted octanol–water partition coefficient (Wildman–Crippen LogP) is 3.88. The highest BCUT2D eigenvalue weighted by Gasteiger charge is 2.23. The molecular weight excluding hydrogens is 348 g/mol. The van der Waals surface area contributed by atoms with Gasteiger partial charge in [0, 0.05) is 18.1 Å². The lowest BCUT2D eigenvalue weighted by Gasteiger charge is -2.34. The standard InChI is InChI=1S/C23H22N4O/c1-16-15-28-13-12-27(16)21-14-19(17-6-3-2-4-7-17)18-9-11-25-23(22(18)26-21)20-8-5-10-24-20/h2-9,11,14,16H,10,12-13,15H2,1H3/t16-/m1/s1. The average Bonchev–Trinajstić information content (AvgIpc) is 3.28. The largest absolute Gasteiger partial charge is 0.377 e. The van der Waals surface area contributed by atoms with Gasteiger partial charge in [0.2, 0.25) is 0 Å². The highest BCUT2D eigenvalue weighted by molar-refractivity contribution is 6.16. The van der Waals surface area contributed by atoms with Gasteiger partial charge >= 0.3 is 0 Å². The maximum absolute atomic E-state index is 5.63. The number of hydrogen-bond donors (Lipinski definition) is 0. The van der Waals surface area contributed by atoms with Crippen LogP contribution in [0.25, 0.3) is 22.0 Å². The van der Waals surface area contributed by atoms with Crippen molar-refractivity contribution in [2.24, 2.45) is 4.99 Å². The van der Waals surface area contributed by atoms with E-state index in [9.17, 15) is 0 Å². The molecule has 5 nitrogen and oxygen atoms in total. The smallest absolute Gasteiger partial charge is 0.130 e. The molecule has 2 aromatic heterocycles. The third-order valence-electron chi connectivity index (χ3n) is 5.35. The number of ether oxygens (including phenoxy) is 1. The van der Waals surface area contributed by atoms with Crippen molar-refractivity contribution in [2.75, 3.05) is 31.2 Å². The molecule has 5 heteroatoms. The van der Waals surface area contributed by atoms with Crippen molar-refractivity contribution in [1.29, 1.82) is 0 Å². The second kappa shape index (κ2) is 7.17. The van der Waals surface area contributed by atoms with Gasteiger partial charge in [0.05, 0.1) is 31.5 Å². The molecule has 140 valence electrons. The zero-order valence-corrected chi connectivity index (χ0v) is 15.9. The summed E-state index contributed by atoms with van der Waals surface area (Å²) >= 11 is 0. The highest BCUT2D eigenvalue weighted by Crippen LogP contribution is 2.33. The van der Waals surface area contributed by atoms with E-state index in [0.29, 0.717) is 6.54 Å². The van der Waals surface area contributed by atoms with Crippen LogP contribution in [-0.4, -0.2) is 48.0 Å². The number of allylic oxidation sites excluding steroid dienone is 1. The fraction of sp³-hybridized carbons (Fsp3) is 0.261. The number of pyridine rings is 2. The van der Waals surface area contributed by atoms with Crippen molar-refractivity contribution in [2.45, 2.75) is 13.0 Å². The summed E-state index contributed by atoms with van der Waals surface area (Å²) in [4.78, 5) is 16.6. The summed E-state index contributed by atoms with van der Waals surface area (Å²) in [5, 5.41) is 1.10. The summed E-state index contributed by atoms with van der Waals surface area (Å²) in [5.74, 6) is 0.971. The molecule has 0 spiro atoms. The minimum Gasteiger partial charge on any atom is -0.377 e. The maximum atomic E-state index is 5.63. The van der Waals surface area contributed by atoms with Gasteiger partial charge in [-0.25, -0.2) is 4.98 Å². The van der Waals surface area contributed by atoms with Crippen LogP contribution in [0.15, 0.2) is 65.8 Å². The summed E-state index contributed by atoms with van der Waals surface area (Å²) in [7, 11) is 0. The van der Waals surface area contributed by atoms with E-state index in [4.69, 9.17) is 9.72 Å². The highest BCUT2D eigenvalue weighted by atomic mass is 16.5. The Hall–Kier alpha value is -3.05. The van der Waals surface area contributed by atoms with Crippen LogP contribution in [-0.2, 0) is 4.74 Å². The predicted molar refractivity (Wildman–Crippen MR) is 113 cm³/mol. The minimum absolute atomic E-state index is 0.283. The number of morpholine rings is 1. The Kier molecular flexibility index (Phi) is 4.37. The van der Waals surface area contributed by atoms with Crippen LogP contribution < -0.4 is 4.90 Å². The lowest BCUT2D eigenvalue weighted by Crippen LogP contribution is -2.44. The van der Waals surface area contributed by atoms with Gasteiger partial charge in [-0.2, -0.15) is 0 Å². The summed E-state index contributed by atoms with van der Waals surface area (Å²) in [6.07, 6.45) is 5.95. The van der Waals surface area contributed by atoms with Crippen molar-refractivity contribution >= 4 is 22.4 Å². The van der Waals surface area contributed by atoms with Crippen LogP contribution in [0.3, 0.4) is 0 Å². The van der Waals surface area contributed by atoms with E-state index in [-0.39, 0.29) is 6.04 Å². The van der Waals surface area contributed by atoms with Gasteiger partial charge in [-0.15, -0.1) is 0 Å². The number of nitrogens with zero attached hydrogens (tertiary/aromatic N) is 4. The molecule has 0 N–H and O–H groups in total. The van der Waals surface area contributed by atoms with Crippen molar-refractivity contribution < 1.29 is 4.74 Å². The number of benzene rings is 1. The van der Waals surface area contributed by atoms with E-state index in [2.05, 4.69) is 64.3 Å². The maximum Gasteiger partial charge on any atom is 0.130 e. The number of aliphatic imine (C=N–C) groups is 1. The Bertz CT molecular complexity index is 1070. The second-order valence-corrected chi connectivity index (χ2v) is 7.20. The Balaban J connectivity index is 1.77. The van der Waals surface area contributed by atoms with Crippen LogP contribution in [0.4, 0.5) is 5.82 Å². The van der Waals surface area contributed by atoms with Crippen LogP contribution in [0.2, 0.25) is 0 Å². The van der Waals surface area contributed by atoms with Crippen molar-refractivity contribution in [3.05, 3.63) is 66.5 Å². The summed E-state index contributed by atoms with van der Waals surface area (Å²) in [6.45, 7) is 5.17. The molecule has 1 saturated heterocycles. The molecule has 0 radical (unpaired) electrons. The molecule has 0 saturated carbocycles. The topological polar surface area (TPSA) is 50.6 Å². The number of hydrogen-bond acceptors (Lipinski definition) is 5. The zero-order valence-electron chi connectivity index (χ0n) is 15.9. The Morgan fingerprint density at radius 3 is 2.82 bits per heavy atom. The third kappa shape index (κ3) is 2.98. The van der Waals surface area contributed by atoms with Crippen LogP contribution in [0.1, 0.15) is 12.6 Å². The lowest BCUT2D eigenvalue weighted by molar-refractivity contribution is 0.0986. The first-order chi connectivity index (χ1) is 13.8. The van der Waals surface area contributed by atoms with Crippen molar-refractivity contribution in [3.8, 4) is 11.1 Å². The monoisotopic (exact) mass is 370 g/mol. The third-order valence-corrected chi connectivity index (χ3v) is 5.35. The number of rotatable bonds is 3. The first-order valence-electron chi connectivity index (χ1n) is 9.72. The molecule has 1 aromatic carbocycles. The average molecular weight is 370 g/mol. The molecule has 3 aromatic rings. The molecule has 0 amide bonds. The van der Waals surface area contributed by atoms with Crippen molar-refractivity contribution in [3.63, 3.8) is 0 Å². The summed E-state index contributed by atoms with van der Waals surface area (Å²) < 4.78 is 5.63. The van der Waals surface area contributed by atoms with Gasteiger partial charge in [-0.3, -0.25) is 9.98 Å². The molecule has 0 aliphatic carbocycles. The Labute approximate surface area is 164 Å². The molecule has 2 aliphatic heterocycles. The van der Waals surface area contributed by atoms with Crippen LogP contribution >= 0.6 is 0 Å². The Morgan fingerprint density at radius 1 is 1.14 bits per heavy atom. The second-order valence-electron chi connectivity index (χ2n) is 7.20. The number of anilines is 1. The normalized spacial score (nSPS) is 19.2. The minimum atomic E-state index is 0.283. The SMILES string of the molecule is C[C@@H]1COCCN1c1cc(-c2ccccc2)c2ccnc(C3=NCC=C3)c2n1. The number of aromatic nitrogens is 2. The first-order valence-corrected chi connectivity index (χ1v) is 9.72. The number of fused-ring (bicyclic) bond motifs is 1. The zero-order chi connectivity index (χ0) is 18.9. The lowest BCUT2D eigenvalue weighted by atomic mass is 9.99. The molecule has 0 bridgehead atoms. The van der Waals surface area contributed by atoms with E-state index in [0.717, 1.165) is 47.9 Å². The Morgan fingerprint density at radius 2 is 2.04 bits per heavy atom. The van der Waals surface area contributed by atoms with E-state index in [1.165, 1.54) is 11.1 Å². The molecule has 28 heavy (non-hydrogen) atoms. The van der Waals surface area contributed by atoms with E-state index in [1.807, 2.05) is 18.3 Å². The van der Waals surface area contributed by atoms with Crippen molar-refractivity contribution in [1.82, 2.24) is 9.97 Å². The van der Waals surface area contributed by atoms with Crippen LogP contribution in [0.5, 0.6) is 0 Å². The van der Waals surface area contributed by atoms with Gasteiger partial charge in [0.15, 0.2) is 0 Å². The molecule has 2 aliphatic rings. The van der Waals surface area contributed by atoms with E-state index in [1.54, 1.807) is 0 Å².